The van der Waals surface area contributed by atoms with Crippen LogP contribution in [0.4, 0.5) is 10.1 Å². The van der Waals surface area contributed by atoms with Crippen molar-refractivity contribution in [3.05, 3.63) is 84.5 Å². The first-order chi connectivity index (χ1) is 14.8. The zero-order chi connectivity index (χ0) is 22.0. The maximum Gasteiger partial charge on any atom is 0.262 e. The standard InChI is InChI=1S/C21H18FN5O3S/c1-14-11-16(22)3-8-19(14)31(28,29)26-17-4-6-18(7-5-17)30-21-12-20(24-13-25-21)27-10-9-23-15(27)2/h3-13,26H,1-2H3. The zero-order valence-electron chi connectivity index (χ0n) is 16.7. The molecule has 0 fully saturated rings. The van der Waals surface area contributed by atoms with Crippen molar-refractivity contribution in [1.82, 2.24) is 19.5 Å². The van der Waals surface area contributed by atoms with Gasteiger partial charge in [0.2, 0.25) is 5.88 Å². The number of benzene rings is 2. The predicted octanol–water partition coefficient (Wildman–Crippen LogP) is 4.01. The molecule has 4 aromatic rings. The Morgan fingerprint density at radius 3 is 2.45 bits per heavy atom. The molecule has 0 radical (unpaired) electrons. The average molecular weight is 439 g/mol. The minimum absolute atomic E-state index is 0.0116. The van der Waals surface area contributed by atoms with Gasteiger partial charge >= 0.3 is 0 Å². The minimum atomic E-state index is -3.85. The van der Waals surface area contributed by atoms with Crippen molar-refractivity contribution in [2.75, 3.05) is 4.72 Å². The zero-order valence-corrected chi connectivity index (χ0v) is 17.5. The summed E-state index contributed by atoms with van der Waals surface area (Å²) in [6.07, 6.45) is 4.84. The Morgan fingerprint density at radius 2 is 1.77 bits per heavy atom. The largest absolute Gasteiger partial charge is 0.439 e. The Labute approximate surface area is 178 Å². The summed E-state index contributed by atoms with van der Waals surface area (Å²) in [6, 6.07) is 11.5. The Balaban J connectivity index is 1.49. The fourth-order valence-corrected chi connectivity index (χ4v) is 4.26. The third kappa shape index (κ3) is 4.53. The molecule has 0 aliphatic heterocycles. The summed E-state index contributed by atoms with van der Waals surface area (Å²) in [6.45, 7) is 3.39. The van der Waals surface area contributed by atoms with E-state index in [4.69, 9.17) is 4.74 Å². The maximum atomic E-state index is 13.3. The Morgan fingerprint density at radius 1 is 1.00 bits per heavy atom. The highest BCUT2D eigenvalue weighted by Crippen LogP contribution is 2.25. The van der Waals surface area contributed by atoms with Crippen LogP contribution in [0.2, 0.25) is 0 Å². The molecule has 0 amide bonds. The molecule has 10 heteroatoms. The molecule has 0 atom stereocenters. The normalized spacial score (nSPS) is 11.3. The third-order valence-corrected chi connectivity index (χ3v) is 6.00. The molecule has 0 saturated heterocycles. The van der Waals surface area contributed by atoms with Crippen molar-refractivity contribution in [3.63, 3.8) is 0 Å². The van der Waals surface area contributed by atoms with E-state index in [1.165, 1.54) is 25.4 Å². The van der Waals surface area contributed by atoms with Gasteiger partial charge in [0.1, 0.15) is 29.5 Å². The van der Waals surface area contributed by atoms with Gasteiger partial charge in [-0.3, -0.25) is 9.29 Å². The van der Waals surface area contributed by atoms with Crippen LogP contribution in [-0.2, 0) is 10.0 Å². The summed E-state index contributed by atoms with van der Waals surface area (Å²) >= 11 is 0. The van der Waals surface area contributed by atoms with E-state index in [2.05, 4.69) is 19.7 Å². The van der Waals surface area contributed by atoms with Crippen LogP contribution in [0.5, 0.6) is 11.6 Å². The number of rotatable bonds is 6. The van der Waals surface area contributed by atoms with Crippen LogP contribution in [0.1, 0.15) is 11.4 Å². The molecule has 0 saturated carbocycles. The highest BCUT2D eigenvalue weighted by Gasteiger charge is 2.17. The molecule has 2 aromatic carbocycles. The Bertz CT molecular complexity index is 1340. The average Bonchev–Trinajstić information content (AvgIpc) is 3.15. The number of aromatic nitrogens is 4. The second-order valence-corrected chi connectivity index (χ2v) is 8.35. The second-order valence-electron chi connectivity index (χ2n) is 6.70. The van der Waals surface area contributed by atoms with Gasteiger partial charge in [-0.2, -0.15) is 0 Å². The van der Waals surface area contributed by atoms with Gasteiger partial charge in [0.25, 0.3) is 10.0 Å². The highest BCUT2D eigenvalue weighted by molar-refractivity contribution is 7.92. The first-order valence-electron chi connectivity index (χ1n) is 9.21. The molecule has 4 rings (SSSR count). The molecule has 31 heavy (non-hydrogen) atoms. The number of nitrogens with zero attached hydrogens (tertiary/aromatic N) is 4. The summed E-state index contributed by atoms with van der Waals surface area (Å²) in [4.78, 5) is 12.5. The molecule has 0 aliphatic carbocycles. The van der Waals surface area contributed by atoms with Crippen molar-refractivity contribution in [2.24, 2.45) is 0 Å². The fraction of sp³-hybridized carbons (Fsp3) is 0.0952. The number of anilines is 1. The van der Waals surface area contributed by atoms with Crippen molar-refractivity contribution < 1.29 is 17.5 Å². The van der Waals surface area contributed by atoms with Gasteiger partial charge in [-0.1, -0.05) is 0 Å². The number of sulfonamides is 1. The van der Waals surface area contributed by atoms with E-state index < -0.39 is 15.8 Å². The molecule has 2 aromatic heterocycles. The highest BCUT2D eigenvalue weighted by atomic mass is 32.2. The smallest absolute Gasteiger partial charge is 0.262 e. The summed E-state index contributed by atoms with van der Waals surface area (Å²) in [7, 11) is -3.85. The summed E-state index contributed by atoms with van der Waals surface area (Å²) in [5.41, 5.74) is 0.661. The lowest BCUT2D eigenvalue weighted by Gasteiger charge is -2.11. The van der Waals surface area contributed by atoms with Gasteiger partial charge in [0, 0.05) is 24.1 Å². The molecule has 8 nitrogen and oxygen atoms in total. The lowest BCUT2D eigenvalue weighted by atomic mass is 10.2. The molecular weight excluding hydrogens is 421 g/mol. The van der Waals surface area contributed by atoms with E-state index in [0.717, 1.165) is 11.9 Å². The molecule has 0 bridgehead atoms. The maximum absolute atomic E-state index is 13.3. The van der Waals surface area contributed by atoms with E-state index in [1.54, 1.807) is 47.3 Å². The molecule has 158 valence electrons. The first kappa shape index (κ1) is 20.5. The lowest BCUT2D eigenvalue weighted by molar-refractivity contribution is 0.461. The summed E-state index contributed by atoms with van der Waals surface area (Å²) in [5, 5.41) is 0. The van der Waals surface area contributed by atoms with Crippen LogP contribution in [-0.4, -0.2) is 27.9 Å². The number of aryl methyl sites for hydroxylation is 2. The number of nitrogens with one attached hydrogen (secondary N) is 1. The van der Waals surface area contributed by atoms with Gasteiger partial charge in [-0.25, -0.2) is 27.8 Å². The van der Waals surface area contributed by atoms with Crippen LogP contribution in [0, 0.1) is 19.7 Å². The van der Waals surface area contributed by atoms with Gasteiger partial charge in [-0.05, 0) is 61.9 Å². The van der Waals surface area contributed by atoms with E-state index in [0.29, 0.717) is 28.7 Å². The number of halogens is 1. The summed E-state index contributed by atoms with van der Waals surface area (Å²) in [5.74, 6) is 1.69. The monoisotopic (exact) mass is 439 g/mol. The van der Waals surface area contributed by atoms with Crippen LogP contribution in [0.3, 0.4) is 0 Å². The quantitative estimate of drug-likeness (QED) is 0.487. The molecule has 1 N–H and O–H groups in total. The van der Waals surface area contributed by atoms with E-state index in [-0.39, 0.29) is 4.90 Å². The fourth-order valence-electron chi connectivity index (χ4n) is 2.97. The SMILES string of the molecule is Cc1cc(F)ccc1S(=O)(=O)Nc1ccc(Oc2cc(-n3ccnc3C)ncn2)cc1. The van der Waals surface area contributed by atoms with Crippen molar-refractivity contribution in [3.8, 4) is 17.4 Å². The number of hydrogen-bond donors (Lipinski definition) is 1. The Hall–Kier alpha value is -3.79. The topological polar surface area (TPSA) is 99.0 Å². The molecule has 2 heterocycles. The van der Waals surface area contributed by atoms with Crippen molar-refractivity contribution in [1.29, 1.82) is 0 Å². The second kappa shape index (κ2) is 8.15. The van der Waals surface area contributed by atoms with E-state index in [9.17, 15) is 12.8 Å². The van der Waals surface area contributed by atoms with Crippen LogP contribution in [0.15, 0.2) is 72.1 Å². The van der Waals surface area contributed by atoms with Crippen LogP contribution < -0.4 is 9.46 Å². The number of hydrogen-bond acceptors (Lipinski definition) is 6. The summed E-state index contributed by atoms with van der Waals surface area (Å²) < 4.78 is 48.5. The number of ether oxygens (including phenoxy) is 1. The van der Waals surface area contributed by atoms with Crippen molar-refractivity contribution >= 4 is 15.7 Å². The Kier molecular flexibility index (Phi) is 5.38. The van der Waals surface area contributed by atoms with E-state index >= 15 is 0 Å². The van der Waals surface area contributed by atoms with Crippen molar-refractivity contribution in [2.45, 2.75) is 18.7 Å². The molecule has 0 spiro atoms. The van der Waals surface area contributed by atoms with Gasteiger partial charge in [0.15, 0.2) is 0 Å². The van der Waals surface area contributed by atoms with Gasteiger partial charge in [-0.15, -0.1) is 0 Å². The molecule has 0 aliphatic rings. The third-order valence-electron chi connectivity index (χ3n) is 4.46. The first-order valence-corrected chi connectivity index (χ1v) is 10.7. The van der Waals surface area contributed by atoms with Crippen LogP contribution >= 0.6 is 0 Å². The number of imidazole rings is 1. The predicted molar refractivity (Wildman–Crippen MR) is 112 cm³/mol. The molecular formula is C21H18FN5O3S. The van der Waals surface area contributed by atoms with Gasteiger partial charge < -0.3 is 4.74 Å². The van der Waals surface area contributed by atoms with Gasteiger partial charge in [0.05, 0.1) is 4.90 Å². The van der Waals surface area contributed by atoms with Crippen LogP contribution in [0.25, 0.3) is 5.82 Å². The minimum Gasteiger partial charge on any atom is -0.439 e. The molecule has 0 unspecified atom stereocenters. The van der Waals surface area contributed by atoms with E-state index in [1.807, 2.05) is 6.92 Å². The lowest BCUT2D eigenvalue weighted by Crippen LogP contribution is -2.14.